The van der Waals surface area contributed by atoms with Gasteiger partial charge in [-0.05, 0) is 54.2 Å². The molecule has 0 aromatic heterocycles. The van der Waals surface area contributed by atoms with E-state index in [1.165, 1.54) is 12.1 Å². The lowest BCUT2D eigenvalue weighted by atomic mass is 9.93. The van der Waals surface area contributed by atoms with Crippen molar-refractivity contribution in [1.82, 2.24) is 10.9 Å². The summed E-state index contributed by atoms with van der Waals surface area (Å²) in [6, 6.07) is 17.5. The van der Waals surface area contributed by atoms with Gasteiger partial charge < -0.3 is 14.8 Å². The zero-order valence-corrected chi connectivity index (χ0v) is 15.8. The largest absolute Gasteiger partial charge is 0.508 e. The quantitative estimate of drug-likeness (QED) is 0.241. The monoisotopic (exact) mass is 391 g/mol. The summed E-state index contributed by atoms with van der Waals surface area (Å²) >= 11 is 5.16. The zero-order valence-electron chi connectivity index (χ0n) is 14.9. The number of fused-ring (bicyclic) bond motifs is 2. The van der Waals surface area contributed by atoms with Crippen molar-refractivity contribution >= 4 is 34.0 Å². The molecule has 6 nitrogen and oxygen atoms in total. The van der Waals surface area contributed by atoms with Crippen molar-refractivity contribution in [3.8, 4) is 28.2 Å². The summed E-state index contributed by atoms with van der Waals surface area (Å²) in [5.74, 6) is 0.576. The van der Waals surface area contributed by atoms with Gasteiger partial charge in [-0.3, -0.25) is 10.2 Å². The van der Waals surface area contributed by atoms with Crippen LogP contribution in [-0.2, 0) is 0 Å². The number of aromatic hydroxyl groups is 1. The van der Waals surface area contributed by atoms with Gasteiger partial charge in [0.25, 0.3) is 0 Å². The predicted octanol–water partition coefficient (Wildman–Crippen LogP) is 3.69. The van der Waals surface area contributed by atoms with E-state index >= 15 is 0 Å². The molecular formula is C21H17N3O3S. The van der Waals surface area contributed by atoms with Gasteiger partial charge in [-0.1, -0.05) is 12.1 Å². The first-order chi connectivity index (χ1) is 13.5. The Morgan fingerprint density at radius 2 is 1.82 bits per heavy atom. The van der Waals surface area contributed by atoms with Crippen LogP contribution in [0, 0.1) is 0 Å². The SMILES string of the molecule is CNNC(=S)Nc1ccc(-c2c3ccc(=O)cc-3oc3cc(O)ccc23)cc1. The number of hydrazine groups is 1. The Kier molecular flexibility index (Phi) is 4.68. The maximum absolute atomic E-state index is 11.8. The normalized spacial score (nSPS) is 10.9. The third-order valence-corrected chi connectivity index (χ3v) is 4.55. The smallest absolute Gasteiger partial charge is 0.185 e. The van der Waals surface area contributed by atoms with Crippen LogP contribution in [0.25, 0.3) is 33.4 Å². The molecule has 4 N–H and O–H groups in total. The van der Waals surface area contributed by atoms with Crippen molar-refractivity contribution in [2.45, 2.75) is 0 Å². The first kappa shape index (κ1) is 18.0. The molecule has 7 heteroatoms. The predicted molar refractivity (Wildman–Crippen MR) is 115 cm³/mol. The number of rotatable bonds is 3. The molecule has 0 fully saturated rings. The molecule has 0 radical (unpaired) electrons. The number of benzene rings is 3. The molecule has 4 rings (SSSR count). The third-order valence-electron chi connectivity index (χ3n) is 4.35. The van der Waals surface area contributed by atoms with Crippen LogP contribution in [0.2, 0.25) is 0 Å². The minimum absolute atomic E-state index is 0.102. The maximum Gasteiger partial charge on any atom is 0.185 e. The van der Waals surface area contributed by atoms with Gasteiger partial charge in [-0.2, -0.15) is 0 Å². The van der Waals surface area contributed by atoms with Crippen LogP contribution in [0.1, 0.15) is 0 Å². The molecule has 0 bridgehead atoms. The van der Waals surface area contributed by atoms with Crippen molar-refractivity contribution in [3.63, 3.8) is 0 Å². The number of phenolic OH excluding ortho intramolecular Hbond substituents is 1. The Labute approximate surface area is 166 Å². The highest BCUT2D eigenvalue weighted by atomic mass is 32.1. The molecule has 0 unspecified atom stereocenters. The third kappa shape index (κ3) is 3.40. The van der Waals surface area contributed by atoms with Gasteiger partial charge in [0.2, 0.25) is 0 Å². The molecule has 0 spiro atoms. The Hall–Kier alpha value is -3.42. The van der Waals surface area contributed by atoms with Crippen molar-refractivity contribution in [1.29, 1.82) is 0 Å². The molecule has 0 amide bonds. The van der Waals surface area contributed by atoms with Crippen LogP contribution in [0.5, 0.6) is 5.75 Å². The summed E-state index contributed by atoms with van der Waals surface area (Å²) in [4.78, 5) is 11.8. The number of anilines is 1. The fraction of sp³-hybridized carbons (Fsp3) is 0.0476. The molecule has 1 aliphatic heterocycles. The van der Waals surface area contributed by atoms with Crippen molar-refractivity contribution in [2.24, 2.45) is 0 Å². The fourth-order valence-corrected chi connectivity index (χ4v) is 3.39. The molecule has 2 aliphatic rings. The van der Waals surface area contributed by atoms with E-state index in [-0.39, 0.29) is 11.2 Å². The number of phenols is 1. The molecular weight excluding hydrogens is 374 g/mol. The molecule has 1 aliphatic carbocycles. The van der Waals surface area contributed by atoms with E-state index in [2.05, 4.69) is 16.2 Å². The van der Waals surface area contributed by atoms with E-state index in [0.29, 0.717) is 16.5 Å². The van der Waals surface area contributed by atoms with Crippen molar-refractivity contribution < 1.29 is 9.52 Å². The number of hydrogen-bond donors (Lipinski definition) is 4. The number of hydrogen-bond acceptors (Lipinski definition) is 5. The van der Waals surface area contributed by atoms with E-state index in [1.54, 1.807) is 25.2 Å². The minimum atomic E-state index is -0.133. The first-order valence-corrected chi connectivity index (χ1v) is 9.00. The Bertz CT molecular complexity index is 1200. The molecule has 0 atom stereocenters. The van der Waals surface area contributed by atoms with E-state index in [4.69, 9.17) is 16.6 Å². The Morgan fingerprint density at radius 1 is 1.04 bits per heavy atom. The van der Waals surface area contributed by atoms with Crippen molar-refractivity contribution in [3.05, 3.63) is 70.9 Å². The van der Waals surface area contributed by atoms with Crippen LogP contribution >= 0.6 is 12.2 Å². The summed E-state index contributed by atoms with van der Waals surface area (Å²) in [5.41, 5.74) is 9.49. The highest BCUT2D eigenvalue weighted by Crippen LogP contribution is 2.40. The van der Waals surface area contributed by atoms with Crippen LogP contribution in [0.15, 0.2) is 69.9 Å². The second-order valence-electron chi connectivity index (χ2n) is 6.22. The molecule has 1 heterocycles. The van der Waals surface area contributed by atoms with Crippen LogP contribution in [0.3, 0.4) is 0 Å². The lowest BCUT2D eigenvalue weighted by Gasteiger charge is -2.16. The van der Waals surface area contributed by atoms with E-state index in [0.717, 1.165) is 27.8 Å². The van der Waals surface area contributed by atoms with Crippen molar-refractivity contribution in [2.75, 3.05) is 12.4 Å². The van der Waals surface area contributed by atoms with Gasteiger partial charge in [0.05, 0.1) is 0 Å². The van der Waals surface area contributed by atoms with E-state index in [1.807, 2.05) is 30.3 Å². The number of thiocarbonyl (C=S) groups is 1. The van der Waals surface area contributed by atoms with Gasteiger partial charge >= 0.3 is 0 Å². The van der Waals surface area contributed by atoms with Crippen LogP contribution in [-0.4, -0.2) is 17.3 Å². The summed E-state index contributed by atoms with van der Waals surface area (Å²) in [5, 5.41) is 14.2. The topological polar surface area (TPSA) is 86.5 Å². The van der Waals surface area contributed by atoms with Gasteiger partial charge in [0.1, 0.15) is 17.1 Å². The second kappa shape index (κ2) is 7.30. The molecule has 28 heavy (non-hydrogen) atoms. The molecule has 0 saturated heterocycles. The van der Waals surface area contributed by atoms with Crippen LogP contribution in [0.4, 0.5) is 5.69 Å². The molecule has 140 valence electrons. The Morgan fingerprint density at radius 3 is 2.57 bits per heavy atom. The van der Waals surface area contributed by atoms with Gasteiger partial charge in [0, 0.05) is 41.4 Å². The van der Waals surface area contributed by atoms with E-state index in [9.17, 15) is 9.90 Å². The average Bonchev–Trinajstić information content (AvgIpc) is 2.67. The summed E-state index contributed by atoms with van der Waals surface area (Å²) < 4.78 is 5.87. The summed E-state index contributed by atoms with van der Waals surface area (Å²) in [6.45, 7) is 0. The lowest BCUT2D eigenvalue weighted by molar-refractivity contribution is 0.474. The minimum Gasteiger partial charge on any atom is -0.508 e. The molecule has 2 aromatic rings. The van der Waals surface area contributed by atoms with Gasteiger partial charge in [-0.15, -0.1) is 0 Å². The zero-order chi connectivity index (χ0) is 19.7. The van der Waals surface area contributed by atoms with Gasteiger partial charge in [0.15, 0.2) is 10.5 Å². The van der Waals surface area contributed by atoms with Crippen LogP contribution < -0.4 is 21.6 Å². The average molecular weight is 391 g/mol. The molecule has 2 aromatic carbocycles. The highest BCUT2D eigenvalue weighted by molar-refractivity contribution is 7.80. The summed E-state index contributed by atoms with van der Waals surface area (Å²) in [7, 11) is 1.73. The first-order valence-electron chi connectivity index (χ1n) is 8.59. The Balaban J connectivity index is 1.87. The highest BCUT2D eigenvalue weighted by Gasteiger charge is 2.17. The maximum atomic E-state index is 11.8. The van der Waals surface area contributed by atoms with Gasteiger partial charge in [-0.25, -0.2) is 5.43 Å². The second-order valence-corrected chi connectivity index (χ2v) is 6.63. The lowest BCUT2D eigenvalue weighted by Crippen LogP contribution is -2.37. The summed E-state index contributed by atoms with van der Waals surface area (Å²) in [6.07, 6.45) is 0. The standard InChI is InChI=1S/C21H17N3O3S/c1-22-24-21(28)23-13-4-2-12(3-5-13)20-16-8-6-14(25)10-18(16)27-19-11-15(26)7-9-17(19)20/h2-11,22,25H,1H3,(H2,23,24,28). The van der Waals surface area contributed by atoms with E-state index < -0.39 is 0 Å². The number of nitrogens with one attached hydrogen (secondary N) is 3. The fourth-order valence-electron chi connectivity index (χ4n) is 3.17. The molecule has 0 saturated carbocycles.